The highest BCUT2D eigenvalue weighted by Gasteiger charge is 2.24. The summed E-state index contributed by atoms with van der Waals surface area (Å²) in [7, 11) is 0. The lowest BCUT2D eigenvalue weighted by Gasteiger charge is -2.32. The minimum absolute atomic E-state index is 0.118. The van der Waals surface area contributed by atoms with Gasteiger partial charge in [0, 0.05) is 5.54 Å². The second-order valence-corrected chi connectivity index (χ2v) is 6.90. The molecule has 1 N–H and O–H groups in total. The van der Waals surface area contributed by atoms with E-state index in [-0.39, 0.29) is 5.54 Å². The van der Waals surface area contributed by atoms with Crippen molar-refractivity contribution in [2.24, 2.45) is 0 Å². The Bertz CT molecular complexity index is 399. The van der Waals surface area contributed by atoms with Crippen LogP contribution in [0.25, 0.3) is 0 Å². The molecule has 0 aliphatic rings. The fraction of sp³-hybridized carbons (Fsp3) is 0.714. The van der Waals surface area contributed by atoms with Crippen LogP contribution in [0.15, 0.2) is 24.3 Å². The smallest absolute Gasteiger partial charge is 0.0406 e. The summed E-state index contributed by atoms with van der Waals surface area (Å²) < 4.78 is 0. The van der Waals surface area contributed by atoms with E-state index >= 15 is 0 Å². The summed E-state index contributed by atoms with van der Waals surface area (Å²) in [5.41, 5.74) is 2.97. The van der Waals surface area contributed by atoms with Crippen molar-refractivity contribution in [2.75, 3.05) is 6.54 Å². The molecule has 0 saturated carbocycles. The highest BCUT2D eigenvalue weighted by molar-refractivity contribution is 5.32. The van der Waals surface area contributed by atoms with Gasteiger partial charge in [0.15, 0.2) is 0 Å². The van der Waals surface area contributed by atoms with Crippen molar-refractivity contribution in [2.45, 2.75) is 91.0 Å². The van der Waals surface area contributed by atoms with Gasteiger partial charge in [-0.3, -0.25) is 0 Å². The van der Waals surface area contributed by atoms with Gasteiger partial charge in [-0.15, -0.1) is 0 Å². The summed E-state index contributed by atoms with van der Waals surface area (Å²) in [6.45, 7) is 10.3. The van der Waals surface area contributed by atoms with Gasteiger partial charge in [0.05, 0.1) is 0 Å². The van der Waals surface area contributed by atoms with Gasteiger partial charge < -0.3 is 5.32 Å². The van der Waals surface area contributed by atoms with Crippen LogP contribution in [0.4, 0.5) is 0 Å². The van der Waals surface area contributed by atoms with Crippen molar-refractivity contribution in [3.63, 3.8) is 0 Å². The molecule has 0 saturated heterocycles. The number of hydrogen-bond acceptors (Lipinski definition) is 1. The van der Waals surface area contributed by atoms with E-state index in [0.29, 0.717) is 0 Å². The molecule has 1 rings (SSSR count). The van der Waals surface area contributed by atoms with Crippen LogP contribution in [-0.2, 0) is 5.54 Å². The fourth-order valence-corrected chi connectivity index (χ4v) is 3.23. The Hall–Kier alpha value is -0.820. The minimum atomic E-state index is 0.118. The van der Waals surface area contributed by atoms with Gasteiger partial charge in [-0.1, -0.05) is 83.1 Å². The topological polar surface area (TPSA) is 12.0 Å². The van der Waals surface area contributed by atoms with E-state index in [1.54, 1.807) is 0 Å². The van der Waals surface area contributed by atoms with Gasteiger partial charge in [0.2, 0.25) is 0 Å². The molecule has 1 atom stereocenters. The largest absolute Gasteiger partial charge is 0.308 e. The van der Waals surface area contributed by atoms with E-state index in [9.17, 15) is 0 Å². The normalized spacial score (nSPS) is 14.0. The number of benzene rings is 1. The van der Waals surface area contributed by atoms with Gasteiger partial charge >= 0.3 is 0 Å². The maximum atomic E-state index is 3.81. The average molecular weight is 304 g/mol. The molecular formula is C21H37N. The van der Waals surface area contributed by atoms with Crippen LogP contribution in [0.3, 0.4) is 0 Å². The van der Waals surface area contributed by atoms with Gasteiger partial charge in [-0.05, 0) is 44.4 Å². The lowest BCUT2D eigenvalue weighted by atomic mass is 9.86. The highest BCUT2D eigenvalue weighted by atomic mass is 15.0. The summed E-state index contributed by atoms with van der Waals surface area (Å²) in [5.74, 6) is 0. The maximum absolute atomic E-state index is 3.81. The SMILES string of the molecule is CCCCCCCCCCNC(C)(CC)c1ccccc1C. The summed E-state index contributed by atoms with van der Waals surface area (Å²) in [5, 5.41) is 3.81. The molecule has 1 heteroatoms. The van der Waals surface area contributed by atoms with Crippen LogP contribution in [0.1, 0.15) is 89.7 Å². The molecule has 0 radical (unpaired) electrons. The molecule has 0 fully saturated rings. The van der Waals surface area contributed by atoms with E-state index in [1.807, 2.05) is 0 Å². The lowest BCUT2D eigenvalue weighted by Crippen LogP contribution is -2.40. The number of rotatable bonds is 12. The first kappa shape index (κ1) is 19.2. The summed E-state index contributed by atoms with van der Waals surface area (Å²) >= 11 is 0. The molecule has 1 aromatic rings. The molecule has 22 heavy (non-hydrogen) atoms. The first-order chi connectivity index (χ1) is 10.6. The zero-order valence-electron chi connectivity index (χ0n) is 15.4. The first-order valence-corrected chi connectivity index (χ1v) is 9.45. The minimum Gasteiger partial charge on any atom is -0.308 e. The fourth-order valence-electron chi connectivity index (χ4n) is 3.23. The molecule has 126 valence electrons. The molecule has 0 aromatic heterocycles. The van der Waals surface area contributed by atoms with Crippen molar-refractivity contribution >= 4 is 0 Å². The van der Waals surface area contributed by atoms with Crippen molar-refractivity contribution < 1.29 is 0 Å². The highest BCUT2D eigenvalue weighted by Crippen LogP contribution is 2.27. The van der Waals surface area contributed by atoms with Gasteiger partial charge in [0.25, 0.3) is 0 Å². The number of nitrogens with one attached hydrogen (secondary N) is 1. The van der Waals surface area contributed by atoms with Crippen LogP contribution < -0.4 is 5.32 Å². The molecule has 0 amide bonds. The lowest BCUT2D eigenvalue weighted by molar-refractivity contribution is 0.347. The Balaban J connectivity index is 2.25. The summed E-state index contributed by atoms with van der Waals surface area (Å²) in [4.78, 5) is 0. The molecular weight excluding hydrogens is 266 g/mol. The molecule has 0 aliphatic carbocycles. The van der Waals surface area contributed by atoms with Crippen molar-refractivity contribution in [1.29, 1.82) is 0 Å². The number of unbranched alkanes of at least 4 members (excludes halogenated alkanes) is 7. The van der Waals surface area contributed by atoms with Crippen molar-refractivity contribution in [3.05, 3.63) is 35.4 Å². The van der Waals surface area contributed by atoms with Crippen molar-refractivity contribution in [3.8, 4) is 0 Å². The third-order valence-electron chi connectivity index (χ3n) is 4.99. The molecule has 0 spiro atoms. The number of hydrogen-bond donors (Lipinski definition) is 1. The average Bonchev–Trinajstić information content (AvgIpc) is 2.53. The standard InChI is InChI=1S/C21H37N/c1-5-7-8-9-10-11-12-15-18-22-21(4,6-2)20-17-14-13-16-19(20)3/h13-14,16-17,22H,5-12,15,18H2,1-4H3. The van der Waals surface area contributed by atoms with E-state index in [0.717, 1.165) is 13.0 Å². The Morgan fingerprint density at radius 1 is 0.864 bits per heavy atom. The summed E-state index contributed by atoms with van der Waals surface area (Å²) in [6.07, 6.45) is 12.2. The Kier molecular flexibility index (Phi) is 9.47. The molecule has 1 nitrogen and oxygen atoms in total. The number of aryl methyl sites for hydroxylation is 1. The van der Waals surface area contributed by atoms with E-state index < -0.39 is 0 Å². The van der Waals surface area contributed by atoms with Gasteiger partial charge in [-0.25, -0.2) is 0 Å². The Labute approximate surface area is 138 Å². The van der Waals surface area contributed by atoms with E-state index in [1.165, 1.54) is 62.5 Å². The molecule has 0 aliphatic heterocycles. The predicted octanol–water partition coefficient (Wildman–Crippen LogP) is 6.35. The second kappa shape index (κ2) is 10.8. The zero-order chi connectivity index (χ0) is 16.3. The molecule has 1 aromatic carbocycles. The monoisotopic (exact) mass is 303 g/mol. The van der Waals surface area contributed by atoms with Crippen LogP contribution in [0.2, 0.25) is 0 Å². The summed E-state index contributed by atoms with van der Waals surface area (Å²) in [6, 6.07) is 8.79. The molecule has 0 bridgehead atoms. The molecule has 0 heterocycles. The predicted molar refractivity (Wildman–Crippen MR) is 99.4 cm³/mol. The molecule has 1 unspecified atom stereocenters. The van der Waals surface area contributed by atoms with Crippen LogP contribution in [0, 0.1) is 6.92 Å². The van der Waals surface area contributed by atoms with Crippen LogP contribution in [-0.4, -0.2) is 6.54 Å². The maximum Gasteiger partial charge on any atom is 0.0406 e. The van der Waals surface area contributed by atoms with E-state index in [4.69, 9.17) is 0 Å². The van der Waals surface area contributed by atoms with Crippen LogP contribution in [0.5, 0.6) is 0 Å². The van der Waals surface area contributed by atoms with Gasteiger partial charge in [-0.2, -0.15) is 0 Å². The Morgan fingerprint density at radius 3 is 2.05 bits per heavy atom. The zero-order valence-corrected chi connectivity index (χ0v) is 15.4. The van der Waals surface area contributed by atoms with E-state index in [2.05, 4.69) is 57.3 Å². The quantitative estimate of drug-likeness (QED) is 0.444. The van der Waals surface area contributed by atoms with Crippen molar-refractivity contribution in [1.82, 2.24) is 5.32 Å². The first-order valence-electron chi connectivity index (χ1n) is 9.45. The van der Waals surface area contributed by atoms with Gasteiger partial charge in [0.1, 0.15) is 0 Å². The second-order valence-electron chi connectivity index (χ2n) is 6.90. The Morgan fingerprint density at radius 2 is 1.45 bits per heavy atom. The third kappa shape index (κ3) is 6.52. The van der Waals surface area contributed by atoms with Crippen LogP contribution >= 0.6 is 0 Å². The third-order valence-corrected chi connectivity index (χ3v) is 4.99.